The Balaban J connectivity index is -0.000000295. The molecule has 0 spiro atoms. The second kappa shape index (κ2) is 18.5. The number of rotatable bonds is 10. The van der Waals surface area contributed by atoms with Crippen LogP contribution in [0, 0.1) is 0 Å². The van der Waals surface area contributed by atoms with Gasteiger partial charge in [-0.05, 0) is 38.5 Å². The van der Waals surface area contributed by atoms with Crippen molar-refractivity contribution < 1.29 is 30.0 Å². The van der Waals surface area contributed by atoms with Gasteiger partial charge in [-0.2, -0.15) is 0 Å². The first-order chi connectivity index (χ1) is 9.33. The second-order valence-electron chi connectivity index (χ2n) is 4.71. The average Bonchev–Trinajstić information content (AvgIpc) is 2.35. The molecule has 6 nitrogen and oxygen atoms in total. The fourth-order valence-electron chi connectivity index (χ4n) is 1.52. The van der Waals surface area contributed by atoms with Gasteiger partial charge in [-0.25, -0.2) is 0 Å². The summed E-state index contributed by atoms with van der Waals surface area (Å²) in [4.78, 5) is 19.8. The van der Waals surface area contributed by atoms with Crippen LogP contribution in [0.25, 0.3) is 0 Å². The minimum Gasteiger partial charge on any atom is -0.550 e. The number of carboxylic acid groups (broad SMARTS) is 2. The standard InChI is InChI=1S/2C7H14O3.Ba/c2*1-2-3-6(8)4-5-7(9)10;/h2*6,8H,2-5H2,1H3,(H,9,10);/q;;+2/p-2. The molecule has 0 amide bonds. The second-order valence-corrected chi connectivity index (χ2v) is 4.71. The van der Waals surface area contributed by atoms with Crippen molar-refractivity contribution in [1.29, 1.82) is 0 Å². The molecule has 0 aromatic rings. The van der Waals surface area contributed by atoms with E-state index in [4.69, 9.17) is 10.2 Å². The van der Waals surface area contributed by atoms with Crippen molar-refractivity contribution in [1.82, 2.24) is 0 Å². The number of hydrogen-bond acceptors (Lipinski definition) is 6. The Morgan fingerprint density at radius 1 is 0.810 bits per heavy atom. The minimum atomic E-state index is -1.09. The van der Waals surface area contributed by atoms with Gasteiger partial charge in [0.2, 0.25) is 0 Å². The zero-order chi connectivity index (χ0) is 16.0. The summed E-state index contributed by atoms with van der Waals surface area (Å²) in [6.45, 7) is 3.89. The maximum Gasteiger partial charge on any atom is 2.00 e. The summed E-state index contributed by atoms with van der Waals surface area (Å²) < 4.78 is 0. The van der Waals surface area contributed by atoms with Crippen molar-refractivity contribution in [3.05, 3.63) is 0 Å². The number of carbonyl (C=O) groups excluding carboxylic acids is 2. The van der Waals surface area contributed by atoms with Crippen molar-refractivity contribution in [3.63, 3.8) is 0 Å². The molecule has 120 valence electrons. The molecule has 0 fully saturated rings. The maximum absolute atomic E-state index is 9.89. The van der Waals surface area contributed by atoms with E-state index in [-0.39, 0.29) is 61.7 Å². The van der Waals surface area contributed by atoms with Crippen LogP contribution >= 0.6 is 0 Å². The summed E-state index contributed by atoms with van der Waals surface area (Å²) in [6, 6.07) is 0. The topological polar surface area (TPSA) is 121 Å². The summed E-state index contributed by atoms with van der Waals surface area (Å²) in [5.74, 6) is -2.18. The molecule has 0 aliphatic heterocycles. The first-order valence-electron chi connectivity index (χ1n) is 7.09. The van der Waals surface area contributed by atoms with Crippen molar-refractivity contribution >= 4 is 60.8 Å². The molecule has 0 radical (unpaired) electrons. The molecule has 2 atom stereocenters. The fraction of sp³-hybridized carbons (Fsp3) is 0.857. The van der Waals surface area contributed by atoms with Crippen molar-refractivity contribution in [2.45, 2.75) is 77.4 Å². The van der Waals surface area contributed by atoms with Gasteiger partial charge in [-0.3, -0.25) is 0 Å². The van der Waals surface area contributed by atoms with Gasteiger partial charge in [0.05, 0.1) is 12.2 Å². The number of aliphatic hydroxyl groups excluding tert-OH is 2. The van der Waals surface area contributed by atoms with Gasteiger partial charge in [0.15, 0.2) is 0 Å². The Kier molecular flexibility index (Phi) is 23.2. The third-order valence-electron chi connectivity index (χ3n) is 2.61. The van der Waals surface area contributed by atoms with E-state index in [1.54, 1.807) is 0 Å². The van der Waals surface area contributed by atoms with E-state index in [0.29, 0.717) is 25.7 Å². The SMILES string of the molecule is CCCC(O)CCC(=O)[O-].CCCC(O)CCC(=O)[O-].[Ba+2]. The third kappa shape index (κ3) is 25.7. The first-order valence-corrected chi connectivity index (χ1v) is 7.09. The molecular weight excluding hydrogens is 401 g/mol. The van der Waals surface area contributed by atoms with Crippen LogP contribution in [0.2, 0.25) is 0 Å². The van der Waals surface area contributed by atoms with Crippen LogP contribution in [0.5, 0.6) is 0 Å². The molecule has 0 aromatic carbocycles. The van der Waals surface area contributed by atoms with E-state index >= 15 is 0 Å². The molecule has 0 aliphatic carbocycles. The number of carboxylic acids is 2. The molecule has 2 N–H and O–H groups in total. The van der Waals surface area contributed by atoms with Gasteiger partial charge in [0.25, 0.3) is 0 Å². The van der Waals surface area contributed by atoms with Crippen LogP contribution in [0.3, 0.4) is 0 Å². The Hall–Kier alpha value is 0.431. The van der Waals surface area contributed by atoms with Gasteiger partial charge in [0, 0.05) is 11.9 Å². The average molecular weight is 428 g/mol. The first kappa shape index (κ1) is 26.3. The third-order valence-corrected chi connectivity index (χ3v) is 2.61. The molecule has 0 heterocycles. The van der Waals surface area contributed by atoms with Crippen LogP contribution in [-0.2, 0) is 9.59 Å². The van der Waals surface area contributed by atoms with Gasteiger partial charge in [-0.15, -0.1) is 0 Å². The van der Waals surface area contributed by atoms with Crippen LogP contribution in [0.1, 0.15) is 65.2 Å². The van der Waals surface area contributed by atoms with Gasteiger partial charge >= 0.3 is 48.9 Å². The van der Waals surface area contributed by atoms with E-state index in [0.717, 1.165) is 12.8 Å². The van der Waals surface area contributed by atoms with Crippen molar-refractivity contribution in [2.24, 2.45) is 0 Å². The molecule has 0 aromatic heterocycles. The zero-order valence-corrected chi connectivity index (χ0v) is 17.5. The van der Waals surface area contributed by atoms with Gasteiger partial charge in [0.1, 0.15) is 0 Å². The van der Waals surface area contributed by atoms with Crippen LogP contribution in [0.15, 0.2) is 0 Å². The van der Waals surface area contributed by atoms with Crippen LogP contribution in [-0.4, -0.2) is 83.2 Å². The zero-order valence-electron chi connectivity index (χ0n) is 13.0. The smallest absolute Gasteiger partial charge is 0.550 e. The van der Waals surface area contributed by atoms with E-state index in [1.165, 1.54) is 0 Å². The van der Waals surface area contributed by atoms with Crippen LogP contribution in [0.4, 0.5) is 0 Å². The van der Waals surface area contributed by atoms with E-state index in [9.17, 15) is 19.8 Å². The largest absolute Gasteiger partial charge is 2.00 e. The Bertz CT molecular complexity index is 234. The monoisotopic (exact) mass is 428 g/mol. The molecule has 2 unspecified atom stereocenters. The molecule has 21 heavy (non-hydrogen) atoms. The predicted octanol–water partition coefficient (Wildman–Crippen LogP) is -1.03. The molecular formula is C14H26BaO6. The molecule has 0 aliphatic rings. The van der Waals surface area contributed by atoms with E-state index in [2.05, 4.69) is 0 Å². The molecule has 0 bridgehead atoms. The maximum atomic E-state index is 9.89. The van der Waals surface area contributed by atoms with Crippen LogP contribution < -0.4 is 10.2 Å². The quantitative estimate of drug-likeness (QED) is 0.430. The molecule has 0 rings (SSSR count). The predicted molar refractivity (Wildman–Crippen MR) is 76.1 cm³/mol. The van der Waals surface area contributed by atoms with E-state index < -0.39 is 24.1 Å². The summed E-state index contributed by atoms with van der Waals surface area (Å²) in [5.41, 5.74) is 0. The Morgan fingerprint density at radius 2 is 1.10 bits per heavy atom. The van der Waals surface area contributed by atoms with Crippen molar-refractivity contribution in [3.8, 4) is 0 Å². The van der Waals surface area contributed by atoms with Crippen molar-refractivity contribution in [2.75, 3.05) is 0 Å². The number of carbonyl (C=O) groups is 2. The minimum absolute atomic E-state index is 0. The summed E-state index contributed by atoms with van der Waals surface area (Å²) in [5, 5.41) is 37.8. The fourth-order valence-corrected chi connectivity index (χ4v) is 1.52. The summed E-state index contributed by atoms with van der Waals surface area (Å²) in [7, 11) is 0. The number of hydrogen-bond donors (Lipinski definition) is 2. The number of aliphatic carboxylic acids is 2. The Labute approximate surface area is 167 Å². The molecule has 7 heteroatoms. The normalized spacial score (nSPS) is 12.4. The summed E-state index contributed by atoms with van der Waals surface area (Å²) >= 11 is 0. The van der Waals surface area contributed by atoms with Gasteiger partial charge < -0.3 is 30.0 Å². The molecule has 0 saturated carbocycles. The van der Waals surface area contributed by atoms with E-state index in [1.807, 2.05) is 13.8 Å². The van der Waals surface area contributed by atoms with Gasteiger partial charge in [-0.1, -0.05) is 26.7 Å². The molecule has 0 saturated heterocycles. The Morgan fingerprint density at radius 3 is 1.29 bits per heavy atom. The number of aliphatic hydroxyl groups is 2. The summed E-state index contributed by atoms with van der Waals surface area (Å²) in [6.07, 6.45) is 2.73.